The first-order chi connectivity index (χ1) is 13.6. The van der Waals surface area contributed by atoms with Gasteiger partial charge in [0.05, 0.1) is 19.7 Å². The highest BCUT2D eigenvalue weighted by Crippen LogP contribution is 2.54. The maximum Gasteiger partial charge on any atom is 0.0844 e. The van der Waals surface area contributed by atoms with Crippen LogP contribution in [-0.4, -0.2) is 12.2 Å². The highest BCUT2D eigenvalue weighted by Gasteiger charge is 2.05. The summed E-state index contributed by atoms with van der Waals surface area (Å²) in [6.45, 7) is 4.33. The van der Waals surface area contributed by atoms with E-state index < -0.39 is 7.53 Å². The van der Waals surface area contributed by atoms with Gasteiger partial charge in [-0.2, -0.15) is 0 Å². The molecular weight excluding hydrogens is 420 g/mol. The normalized spacial score (nSPS) is 15.6. The van der Waals surface area contributed by atoms with Crippen molar-refractivity contribution in [2.45, 2.75) is 64.6 Å². The molecule has 0 saturated carbocycles. The third-order valence-corrected chi connectivity index (χ3v) is 5.21. The molecule has 0 fully saturated rings. The predicted molar refractivity (Wildman–Crippen MR) is 140 cm³/mol. The van der Waals surface area contributed by atoms with E-state index in [0.717, 1.165) is 32.1 Å². The van der Waals surface area contributed by atoms with Gasteiger partial charge < -0.3 is 9.05 Å². The van der Waals surface area contributed by atoms with Crippen molar-refractivity contribution in [3.63, 3.8) is 0 Å². The molecule has 0 aromatic rings. The first kappa shape index (κ1) is 28.1. The van der Waals surface area contributed by atoms with Gasteiger partial charge in [-0.25, -0.2) is 0 Å². The summed E-state index contributed by atoms with van der Waals surface area (Å²) in [6.07, 6.45) is 31.8. The van der Waals surface area contributed by atoms with Crippen molar-refractivity contribution in [2.75, 3.05) is 0 Å². The monoisotopic (exact) mass is 458 g/mol. The lowest BCUT2D eigenvalue weighted by Gasteiger charge is -2.14. The van der Waals surface area contributed by atoms with Crippen molar-refractivity contribution in [1.82, 2.24) is 0 Å². The quantitative estimate of drug-likeness (QED) is 0.132. The molecule has 0 aromatic heterocycles. The van der Waals surface area contributed by atoms with Gasteiger partial charge in [-0.05, 0) is 32.1 Å². The van der Waals surface area contributed by atoms with Crippen LogP contribution in [-0.2, 0) is 9.05 Å². The molecule has 6 heteroatoms. The predicted octanol–water partition coefficient (Wildman–Crippen LogP) is 8.24. The lowest BCUT2D eigenvalue weighted by atomic mass is 10.2. The molecule has 0 aliphatic heterocycles. The van der Waals surface area contributed by atoms with Gasteiger partial charge in [-0.15, -0.1) is 0 Å². The molecule has 0 aliphatic carbocycles. The van der Waals surface area contributed by atoms with Crippen LogP contribution in [0.4, 0.5) is 0 Å². The smallest absolute Gasteiger partial charge is 0.0844 e. The van der Waals surface area contributed by atoms with Crippen LogP contribution in [0.5, 0.6) is 0 Å². The Morgan fingerprint density at radius 1 is 0.786 bits per heavy atom. The Morgan fingerprint density at radius 2 is 1.39 bits per heavy atom. The van der Waals surface area contributed by atoms with Gasteiger partial charge in [-0.1, -0.05) is 111 Å². The summed E-state index contributed by atoms with van der Waals surface area (Å²) in [7, 11) is 7.25. The van der Waals surface area contributed by atoms with E-state index in [1.54, 1.807) is 0 Å². The Morgan fingerprint density at radius 3 is 2.00 bits per heavy atom. The number of hydrogen-bond donors (Lipinski definition) is 0. The largest absolute Gasteiger partial charge is 0.358 e. The second-order valence-corrected chi connectivity index (χ2v) is 12.2. The van der Waals surface area contributed by atoms with Crippen LogP contribution >= 0.6 is 34.8 Å². The maximum absolute atomic E-state index is 5.91. The van der Waals surface area contributed by atoms with Crippen molar-refractivity contribution in [1.29, 1.82) is 0 Å². The molecule has 0 aliphatic rings. The molecule has 2 nitrogen and oxygen atoms in total. The standard InChI is InChI=1S/C22H38O2P4/c1-3-5-7-8-9-10-14-17-21(23-25)18-15-11-12-16-20-22(24-28(26)27)19-13-6-4-2/h6-8,10-16,18,20-22H,3-5,9,17,19,25-27H2,1-2H3/b8-7-,12-11-,13-6-,14-10-,18-15-,20-16+. The molecule has 0 aromatic carbocycles. The molecule has 0 bridgehead atoms. The van der Waals surface area contributed by atoms with E-state index in [2.05, 4.69) is 89.8 Å². The highest BCUT2D eigenvalue weighted by atomic mass is 32.4. The fraction of sp³-hybridized carbons (Fsp3) is 0.455. The minimum atomic E-state index is -0.531. The minimum absolute atomic E-state index is 0.0718. The zero-order valence-corrected chi connectivity index (χ0v) is 21.7. The molecule has 0 heterocycles. The lowest BCUT2D eigenvalue weighted by molar-refractivity contribution is 0.294. The van der Waals surface area contributed by atoms with Gasteiger partial charge in [0, 0.05) is 9.47 Å². The van der Waals surface area contributed by atoms with Crippen molar-refractivity contribution in [3.8, 4) is 0 Å². The van der Waals surface area contributed by atoms with Crippen LogP contribution in [0.1, 0.15) is 52.4 Å². The molecule has 0 N–H and O–H groups in total. The van der Waals surface area contributed by atoms with E-state index in [9.17, 15) is 0 Å². The van der Waals surface area contributed by atoms with Crippen LogP contribution in [0.3, 0.4) is 0 Å². The van der Waals surface area contributed by atoms with Gasteiger partial charge in [0.1, 0.15) is 0 Å². The Hall–Kier alpha value is 0.0800. The van der Waals surface area contributed by atoms with E-state index in [-0.39, 0.29) is 12.2 Å². The zero-order chi connectivity index (χ0) is 20.9. The van der Waals surface area contributed by atoms with Crippen LogP contribution < -0.4 is 0 Å². The topological polar surface area (TPSA) is 18.5 Å². The SMILES string of the molecule is CC/C=C\CC(/C=C/C=C\C=C/C(C/C=C\C/C=C\CCC)OP)OP(P)P. The third-order valence-electron chi connectivity index (χ3n) is 3.62. The first-order valence-electron chi connectivity index (χ1n) is 9.92. The van der Waals surface area contributed by atoms with Crippen LogP contribution in [0.2, 0.25) is 0 Å². The van der Waals surface area contributed by atoms with Crippen LogP contribution in [0.15, 0.2) is 72.9 Å². The van der Waals surface area contributed by atoms with E-state index in [0.29, 0.717) is 0 Å². The fourth-order valence-electron chi connectivity index (χ4n) is 2.18. The molecule has 0 rings (SSSR count). The molecule has 158 valence electrons. The molecule has 0 saturated heterocycles. The highest BCUT2D eigenvalue weighted by molar-refractivity contribution is 8.41. The average Bonchev–Trinajstić information content (AvgIpc) is 2.67. The Balaban J connectivity index is 4.34. The van der Waals surface area contributed by atoms with Crippen LogP contribution in [0, 0.1) is 0 Å². The summed E-state index contributed by atoms with van der Waals surface area (Å²) in [5, 5.41) is 0. The summed E-state index contributed by atoms with van der Waals surface area (Å²) in [6, 6.07) is 0. The molecule has 0 radical (unpaired) electrons. The molecule has 5 unspecified atom stereocenters. The van der Waals surface area contributed by atoms with Crippen LogP contribution in [0.25, 0.3) is 0 Å². The summed E-state index contributed by atoms with van der Waals surface area (Å²) in [5.74, 6) is 0. The first-order valence-corrected chi connectivity index (χ1v) is 14.9. The fourth-order valence-corrected chi connectivity index (χ4v) is 3.79. The van der Waals surface area contributed by atoms with E-state index in [1.165, 1.54) is 6.42 Å². The van der Waals surface area contributed by atoms with E-state index in [4.69, 9.17) is 9.05 Å². The lowest BCUT2D eigenvalue weighted by Crippen LogP contribution is -2.02. The second-order valence-electron chi connectivity index (χ2n) is 6.15. The third kappa shape index (κ3) is 19.4. The second kappa shape index (κ2) is 21.8. The van der Waals surface area contributed by atoms with Gasteiger partial charge >= 0.3 is 0 Å². The minimum Gasteiger partial charge on any atom is -0.358 e. The average molecular weight is 458 g/mol. The summed E-state index contributed by atoms with van der Waals surface area (Å²) < 4.78 is 11.3. The molecule has 0 amide bonds. The van der Waals surface area contributed by atoms with E-state index >= 15 is 0 Å². The Kier molecular flexibility index (Phi) is 21.8. The summed E-state index contributed by atoms with van der Waals surface area (Å²) >= 11 is 0. The van der Waals surface area contributed by atoms with E-state index in [1.807, 2.05) is 24.3 Å². The molecular formula is C22H38O2P4. The van der Waals surface area contributed by atoms with Gasteiger partial charge in [-0.3, -0.25) is 0 Å². The van der Waals surface area contributed by atoms with Gasteiger partial charge in [0.2, 0.25) is 0 Å². The van der Waals surface area contributed by atoms with Crippen molar-refractivity contribution < 1.29 is 9.05 Å². The number of rotatable bonds is 16. The molecule has 28 heavy (non-hydrogen) atoms. The van der Waals surface area contributed by atoms with Crippen molar-refractivity contribution >= 4 is 34.8 Å². The van der Waals surface area contributed by atoms with Gasteiger partial charge in [0.15, 0.2) is 0 Å². The summed E-state index contributed by atoms with van der Waals surface area (Å²) in [4.78, 5) is 0. The molecule has 5 atom stereocenters. The van der Waals surface area contributed by atoms with Crippen molar-refractivity contribution in [3.05, 3.63) is 72.9 Å². The number of allylic oxidation sites excluding steroid dienone is 8. The summed E-state index contributed by atoms with van der Waals surface area (Å²) in [5.41, 5.74) is 0. The number of hydrogen-bond acceptors (Lipinski definition) is 2. The van der Waals surface area contributed by atoms with Crippen molar-refractivity contribution in [2.24, 2.45) is 0 Å². The Bertz CT molecular complexity index is 523. The molecule has 0 spiro atoms. The number of unbranched alkanes of at least 4 members (excludes halogenated alkanes) is 1. The maximum atomic E-state index is 5.91. The zero-order valence-electron chi connectivity index (χ0n) is 17.3. The Labute approximate surface area is 181 Å². The van der Waals surface area contributed by atoms with Gasteiger partial charge in [0.25, 0.3) is 0 Å².